The lowest BCUT2D eigenvalue weighted by Gasteiger charge is -2.34. The van der Waals surface area contributed by atoms with Crippen molar-refractivity contribution >= 4 is 0 Å². The standard InChI is InChI=1S/C14H27NO/c1-11(12-5-3-2-4-6-12)15-13-7-9-14(16)10-8-13/h11-16H,2-10H2,1H3/t11-,13?,14?/m0/s1. The van der Waals surface area contributed by atoms with E-state index in [0.29, 0.717) is 12.1 Å². The van der Waals surface area contributed by atoms with Crippen LogP contribution in [0.25, 0.3) is 0 Å². The number of hydrogen-bond donors (Lipinski definition) is 2. The smallest absolute Gasteiger partial charge is 0.0541 e. The molecule has 2 aliphatic carbocycles. The molecule has 0 aromatic carbocycles. The van der Waals surface area contributed by atoms with Crippen LogP contribution in [0.4, 0.5) is 0 Å². The summed E-state index contributed by atoms with van der Waals surface area (Å²) >= 11 is 0. The monoisotopic (exact) mass is 225 g/mol. The SMILES string of the molecule is C[C@H](NC1CCC(O)CC1)C1CCCCC1. The van der Waals surface area contributed by atoms with Gasteiger partial charge in [0.25, 0.3) is 0 Å². The molecule has 0 bridgehead atoms. The molecule has 0 aromatic rings. The summed E-state index contributed by atoms with van der Waals surface area (Å²) in [6.45, 7) is 2.36. The fourth-order valence-corrected chi connectivity index (χ4v) is 3.38. The molecular weight excluding hydrogens is 198 g/mol. The quantitative estimate of drug-likeness (QED) is 0.774. The van der Waals surface area contributed by atoms with Crippen molar-refractivity contribution in [2.24, 2.45) is 5.92 Å². The van der Waals surface area contributed by atoms with Crippen LogP contribution in [-0.2, 0) is 0 Å². The Kier molecular flexibility index (Phi) is 4.66. The first-order chi connectivity index (χ1) is 7.75. The van der Waals surface area contributed by atoms with Gasteiger partial charge in [0.05, 0.1) is 6.10 Å². The highest BCUT2D eigenvalue weighted by Gasteiger charge is 2.24. The molecule has 0 heterocycles. The lowest BCUT2D eigenvalue weighted by molar-refractivity contribution is 0.110. The maximum absolute atomic E-state index is 9.48. The maximum atomic E-state index is 9.48. The predicted molar refractivity (Wildman–Crippen MR) is 67.4 cm³/mol. The van der Waals surface area contributed by atoms with E-state index in [2.05, 4.69) is 12.2 Å². The van der Waals surface area contributed by atoms with Gasteiger partial charge in [-0.05, 0) is 51.4 Å². The van der Waals surface area contributed by atoms with Gasteiger partial charge < -0.3 is 10.4 Å². The molecule has 0 radical (unpaired) electrons. The average molecular weight is 225 g/mol. The van der Waals surface area contributed by atoms with Crippen LogP contribution in [0.2, 0.25) is 0 Å². The van der Waals surface area contributed by atoms with E-state index in [9.17, 15) is 5.11 Å². The molecule has 0 spiro atoms. The van der Waals surface area contributed by atoms with Crippen LogP contribution >= 0.6 is 0 Å². The minimum atomic E-state index is -0.0250. The fourth-order valence-electron chi connectivity index (χ4n) is 3.38. The fraction of sp³-hybridized carbons (Fsp3) is 1.00. The van der Waals surface area contributed by atoms with E-state index < -0.39 is 0 Å². The Morgan fingerprint density at radius 3 is 2.19 bits per heavy atom. The van der Waals surface area contributed by atoms with Crippen LogP contribution in [0.5, 0.6) is 0 Å². The van der Waals surface area contributed by atoms with Crippen molar-refractivity contribution in [3.63, 3.8) is 0 Å². The van der Waals surface area contributed by atoms with Gasteiger partial charge >= 0.3 is 0 Å². The average Bonchev–Trinajstić information content (AvgIpc) is 2.33. The normalized spacial score (nSPS) is 34.9. The van der Waals surface area contributed by atoms with E-state index in [0.717, 1.165) is 31.6 Å². The summed E-state index contributed by atoms with van der Waals surface area (Å²) in [7, 11) is 0. The zero-order valence-electron chi connectivity index (χ0n) is 10.6. The molecule has 2 saturated carbocycles. The molecule has 0 amide bonds. The molecule has 0 aliphatic heterocycles. The van der Waals surface area contributed by atoms with Crippen molar-refractivity contribution in [1.82, 2.24) is 5.32 Å². The Morgan fingerprint density at radius 2 is 1.56 bits per heavy atom. The van der Waals surface area contributed by atoms with E-state index in [1.807, 2.05) is 0 Å². The third-order valence-electron chi connectivity index (χ3n) is 4.55. The minimum absolute atomic E-state index is 0.0250. The Balaban J connectivity index is 1.71. The highest BCUT2D eigenvalue weighted by molar-refractivity contribution is 4.82. The molecule has 0 aromatic heterocycles. The Labute approximate surface area is 99.8 Å². The summed E-state index contributed by atoms with van der Waals surface area (Å²) in [4.78, 5) is 0. The minimum Gasteiger partial charge on any atom is -0.393 e. The van der Waals surface area contributed by atoms with Crippen LogP contribution in [-0.4, -0.2) is 23.3 Å². The molecule has 2 N–H and O–H groups in total. The third kappa shape index (κ3) is 3.46. The van der Waals surface area contributed by atoms with Gasteiger partial charge in [-0.2, -0.15) is 0 Å². The Hall–Kier alpha value is -0.0800. The Morgan fingerprint density at radius 1 is 0.938 bits per heavy atom. The number of rotatable bonds is 3. The molecular formula is C14H27NO. The highest BCUT2D eigenvalue weighted by Crippen LogP contribution is 2.27. The lowest BCUT2D eigenvalue weighted by atomic mass is 9.83. The molecule has 2 aliphatic rings. The molecule has 94 valence electrons. The molecule has 1 atom stereocenters. The number of aliphatic hydroxyl groups is 1. The van der Waals surface area contributed by atoms with Crippen LogP contribution in [0.1, 0.15) is 64.7 Å². The van der Waals surface area contributed by atoms with Crippen molar-refractivity contribution in [3.8, 4) is 0 Å². The molecule has 2 fully saturated rings. The lowest BCUT2D eigenvalue weighted by Crippen LogP contribution is -2.43. The zero-order valence-corrected chi connectivity index (χ0v) is 10.6. The van der Waals surface area contributed by atoms with Crippen molar-refractivity contribution in [2.75, 3.05) is 0 Å². The summed E-state index contributed by atoms with van der Waals surface area (Å²) in [5.74, 6) is 0.903. The van der Waals surface area contributed by atoms with Crippen molar-refractivity contribution in [3.05, 3.63) is 0 Å². The first-order valence-electron chi connectivity index (χ1n) is 7.20. The van der Waals surface area contributed by atoms with E-state index in [1.54, 1.807) is 0 Å². The van der Waals surface area contributed by atoms with Crippen LogP contribution in [0, 0.1) is 5.92 Å². The molecule has 2 heteroatoms. The first-order valence-corrected chi connectivity index (χ1v) is 7.20. The third-order valence-corrected chi connectivity index (χ3v) is 4.55. The predicted octanol–water partition coefficient (Wildman–Crippen LogP) is 2.85. The zero-order chi connectivity index (χ0) is 11.4. The van der Waals surface area contributed by atoms with Gasteiger partial charge in [0, 0.05) is 12.1 Å². The van der Waals surface area contributed by atoms with Crippen molar-refractivity contribution < 1.29 is 5.11 Å². The molecule has 16 heavy (non-hydrogen) atoms. The second kappa shape index (κ2) is 6.02. The van der Waals surface area contributed by atoms with E-state index in [4.69, 9.17) is 0 Å². The van der Waals surface area contributed by atoms with Gasteiger partial charge in [-0.25, -0.2) is 0 Å². The van der Waals surface area contributed by atoms with E-state index >= 15 is 0 Å². The van der Waals surface area contributed by atoms with Gasteiger partial charge in [-0.15, -0.1) is 0 Å². The number of aliphatic hydroxyl groups excluding tert-OH is 1. The topological polar surface area (TPSA) is 32.3 Å². The molecule has 0 saturated heterocycles. The van der Waals surface area contributed by atoms with Crippen molar-refractivity contribution in [1.29, 1.82) is 0 Å². The van der Waals surface area contributed by atoms with Gasteiger partial charge in [0.15, 0.2) is 0 Å². The van der Waals surface area contributed by atoms with Crippen LogP contribution in [0.15, 0.2) is 0 Å². The second-order valence-corrected chi connectivity index (χ2v) is 5.86. The highest BCUT2D eigenvalue weighted by atomic mass is 16.3. The molecule has 2 nitrogen and oxygen atoms in total. The summed E-state index contributed by atoms with van der Waals surface area (Å²) in [5.41, 5.74) is 0. The largest absolute Gasteiger partial charge is 0.393 e. The summed E-state index contributed by atoms with van der Waals surface area (Å²) in [6.07, 6.45) is 11.4. The summed E-state index contributed by atoms with van der Waals surface area (Å²) < 4.78 is 0. The Bertz CT molecular complexity index is 193. The first kappa shape index (κ1) is 12.4. The van der Waals surface area contributed by atoms with Crippen LogP contribution < -0.4 is 5.32 Å². The van der Waals surface area contributed by atoms with Crippen molar-refractivity contribution in [2.45, 2.75) is 82.9 Å². The van der Waals surface area contributed by atoms with E-state index in [1.165, 1.54) is 32.1 Å². The molecule has 2 rings (SSSR count). The summed E-state index contributed by atoms with van der Waals surface area (Å²) in [6, 6.07) is 1.35. The number of nitrogens with one attached hydrogen (secondary N) is 1. The van der Waals surface area contributed by atoms with Gasteiger partial charge in [-0.1, -0.05) is 19.3 Å². The van der Waals surface area contributed by atoms with Crippen LogP contribution in [0.3, 0.4) is 0 Å². The summed E-state index contributed by atoms with van der Waals surface area (Å²) in [5, 5.41) is 13.3. The maximum Gasteiger partial charge on any atom is 0.0541 e. The number of hydrogen-bond acceptors (Lipinski definition) is 2. The molecule has 0 unspecified atom stereocenters. The second-order valence-electron chi connectivity index (χ2n) is 5.86. The van der Waals surface area contributed by atoms with E-state index in [-0.39, 0.29) is 6.10 Å². The van der Waals surface area contributed by atoms with Gasteiger partial charge in [0.1, 0.15) is 0 Å². The van der Waals surface area contributed by atoms with Gasteiger partial charge in [-0.3, -0.25) is 0 Å². The van der Waals surface area contributed by atoms with Gasteiger partial charge in [0.2, 0.25) is 0 Å².